The number of methoxy groups -OCH3 is 2. The Hall–Kier alpha value is -1.76. The van der Waals surface area contributed by atoms with Gasteiger partial charge in [0.05, 0.1) is 32.1 Å². The van der Waals surface area contributed by atoms with Crippen LogP contribution in [0.15, 0.2) is 18.2 Å². The monoisotopic (exact) mass is 313 g/mol. The molecule has 6 nitrogen and oxygen atoms in total. The van der Waals surface area contributed by atoms with E-state index >= 15 is 0 Å². The van der Waals surface area contributed by atoms with Crippen molar-refractivity contribution in [1.82, 2.24) is 5.32 Å². The molecule has 1 aromatic carbocycles. The highest BCUT2D eigenvalue weighted by molar-refractivity contribution is 7.91. The molecule has 1 amide bonds. The van der Waals surface area contributed by atoms with Crippen molar-refractivity contribution in [3.8, 4) is 11.5 Å². The van der Waals surface area contributed by atoms with Gasteiger partial charge in [-0.15, -0.1) is 0 Å². The number of benzene rings is 1. The van der Waals surface area contributed by atoms with Gasteiger partial charge in [-0.05, 0) is 12.5 Å². The summed E-state index contributed by atoms with van der Waals surface area (Å²) in [5.74, 6) is 1.18. The van der Waals surface area contributed by atoms with Gasteiger partial charge in [-0.25, -0.2) is 8.42 Å². The summed E-state index contributed by atoms with van der Waals surface area (Å²) >= 11 is 0. The van der Waals surface area contributed by atoms with Gasteiger partial charge in [-0.1, -0.05) is 6.07 Å². The zero-order valence-corrected chi connectivity index (χ0v) is 12.9. The van der Waals surface area contributed by atoms with Crippen LogP contribution in [0.3, 0.4) is 0 Å². The topological polar surface area (TPSA) is 81.7 Å². The molecule has 1 atom stereocenters. The van der Waals surface area contributed by atoms with Crippen LogP contribution in [0.1, 0.15) is 12.0 Å². The van der Waals surface area contributed by atoms with Gasteiger partial charge in [0, 0.05) is 17.7 Å². The average molecular weight is 313 g/mol. The number of hydrogen-bond acceptors (Lipinski definition) is 5. The molecule has 1 saturated heterocycles. The van der Waals surface area contributed by atoms with E-state index in [-0.39, 0.29) is 29.9 Å². The molecule has 0 spiro atoms. The van der Waals surface area contributed by atoms with Gasteiger partial charge in [0.15, 0.2) is 9.84 Å². The molecule has 1 N–H and O–H groups in total. The number of amides is 1. The predicted octanol–water partition coefficient (Wildman–Crippen LogP) is 0.550. The maximum absolute atomic E-state index is 12.0. The van der Waals surface area contributed by atoms with E-state index in [0.29, 0.717) is 17.9 Å². The maximum atomic E-state index is 12.0. The molecule has 0 aromatic heterocycles. The summed E-state index contributed by atoms with van der Waals surface area (Å²) in [6.07, 6.45) is 0.623. The van der Waals surface area contributed by atoms with Crippen molar-refractivity contribution in [2.24, 2.45) is 0 Å². The van der Waals surface area contributed by atoms with E-state index in [1.807, 2.05) is 0 Å². The van der Waals surface area contributed by atoms with Gasteiger partial charge >= 0.3 is 0 Å². The maximum Gasteiger partial charge on any atom is 0.224 e. The van der Waals surface area contributed by atoms with E-state index in [1.54, 1.807) is 25.3 Å². The van der Waals surface area contributed by atoms with E-state index in [4.69, 9.17) is 9.47 Å². The zero-order chi connectivity index (χ0) is 15.5. The van der Waals surface area contributed by atoms with Crippen LogP contribution < -0.4 is 14.8 Å². The van der Waals surface area contributed by atoms with Crippen molar-refractivity contribution in [3.05, 3.63) is 23.8 Å². The second kappa shape index (κ2) is 6.34. The first-order valence-corrected chi connectivity index (χ1v) is 8.46. The fraction of sp³-hybridized carbons (Fsp3) is 0.500. The van der Waals surface area contributed by atoms with E-state index in [0.717, 1.165) is 5.56 Å². The molecule has 116 valence electrons. The zero-order valence-electron chi connectivity index (χ0n) is 12.1. The van der Waals surface area contributed by atoms with Gasteiger partial charge in [0.1, 0.15) is 11.5 Å². The Balaban J connectivity index is 2.00. The molecule has 0 bridgehead atoms. The molecule has 0 saturated carbocycles. The molecule has 1 aliphatic rings. The Kier molecular flexibility index (Phi) is 4.72. The molecule has 2 rings (SSSR count). The smallest absolute Gasteiger partial charge is 0.224 e. The Morgan fingerprint density at radius 3 is 2.67 bits per heavy atom. The molecule has 1 heterocycles. The Labute approximate surface area is 124 Å². The van der Waals surface area contributed by atoms with Crippen molar-refractivity contribution in [1.29, 1.82) is 0 Å². The van der Waals surface area contributed by atoms with Crippen molar-refractivity contribution < 1.29 is 22.7 Å². The third-order valence-corrected chi connectivity index (χ3v) is 5.21. The van der Waals surface area contributed by atoms with Gasteiger partial charge in [0.25, 0.3) is 0 Å². The summed E-state index contributed by atoms with van der Waals surface area (Å²) < 4.78 is 33.1. The molecule has 7 heteroatoms. The molecule has 0 radical (unpaired) electrons. The van der Waals surface area contributed by atoms with Gasteiger partial charge in [-0.2, -0.15) is 0 Å². The summed E-state index contributed by atoms with van der Waals surface area (Å²) in [4.78, 5) is 12.0. The van der Waals surface area contributed by atoms with Crippen LogP contribution in [0.25, 0.3) is 0 Å². The lowest BCUT2D eigenvalue weighted by Gasteiger charge is -2.13. The SMILES string of the molecule is COc1ccc(CC(=O)NC2CCS(=O)(=O)C2)c(OC)c1. The second-order valence-corrected chi connectivity index (χ2v) is 7.25. The summed E-state index contributed by atoms with van der Waals surface area (Å²) in [5, 5.41) is 2.76. The Morgan fingerprint density at radius 1 is 1.33 bits per heavy atom. The van der Waals surface area contributed by atoms with Crippen LogP contribution in [-0.4, -0.2) is 46.1 Å². The molecular formula is C14H19NO5S. The minimum Gasteiger partial charge on any atom is -0.497 e. The largest absolute Gasteiger partial charge is 0.497 e. The Morgan fingerprint density at radius 2 is 2.10 bits per heavy atom. The van der Waals surface area contributed by atoms with Crippen LogP contribution >= 0.6 is 0 Å². The number of carbonyl (C=O) groups is 1. The van der Waals surface area contributed by atoms with E-state index in [1.165, 1.54) is 7.11 Å². The lowest BCUT2D eigenvalue weighted by Crippen LogP contribution is -2.36. The van der Waals surface area contributed by atoms with Crippen LogP contribution in [0.4, 0.5) is 0 Å². The van der Waals surface area contributed by atoms with Crippen LogP contribution in [0.5, 0.6) is 11.5 Å². The number of hydrogen-bond donors (Lipinski definition) is 1. The number of carbonyl (C=O) groups excluding carboxylic acids is 1. The highest BCUT2D eigenvalue weighted by Gasteiger charge is 2.28. The fourth-order valence-electron chi connectivity index (χ4n) is 2.36. The van der Waals surface area contributed by atoms with Crippen molar-refractivity contribution >= 4 is 15.7 Å². The lowest BCUT2D eigenvalue weighted by atomic mass is 10.1. The normalized spacial score (nSPS) is 20.0. The number of ether oxygens (including phenoxy) is 2. The van der Waals surface area contributed by atoms with Crippen molar-refractivity contribution in [3.63, 3.8) is 0 Å². The highest BCUT2D eigenvalue weighted by atomic mass is 32.2. The van der Waals surface area contributed by atoms with Crippen LogP contribution in [0.2, 0.25) is 0 Å². The van der Waals surface area contributed by atoms with E-state index in [9.17, 15) is 13.2 Å². The standard InChI is InChI=1S/C14H19NO5S/c1-19-12-4-3-10(13(8-12)20-2)7-14(16)15-11-5-6-21(17,18)9-11/h3-4,8,11H,5-7,9H2,1-2H3,(H,15,16). The highest BCUT2D eigenvalue weighted by Crippen LogP contribution is 2.25. The quantitative estimate of drug-likeness (QED) is 0.858. The first-order chi connectivity index (χ1) is 9.93. The molecule has 21 heavy (non-hydrogen) atoms. The summed E-state index contributed by atoms with van der Waals surface area (Å²) in [7, 11) is 0.0930. The van der Waals surface area contributed by atoms with Crippen molar-refractivity contribution in [2.75, 3.05) is 25.7 Å². The second-order valence-electron chi connectivity index (χ2n) is 5.02. The van der Waals surface area contributed by atoms with Crippen molar-refractivity contribution in [2.45, 2.75) is 18.9 Å². The summed E-state index contributed by atoms with van der Waals surface area (Å²) in [6, 6.07) is 4.95. The molecule has 1 aromatic rings. The van der Waals surface area contributed by atoms with Crippen LogP contribution in [0, 0.1) is 0 Å². The average Bonchev–Trinajstić information content (AvgIpc) is 2.78. The summed E-state index contributed by atoms with van der Waals surface area (Å²) in [5.41, 5.74) is 0.733. The van der Waals surface area contributed by atoms with Crippen LogP contribution in [-0.2, 0) is 21.1 Å². The van der Waals surface area contributed by atoms with Gasteiger partial charge in [0.2, 0.25) is 5.91 Å². The van der Waals surface area contributed by atoms with E-state index in [2.05, 4.69) is 5.32 Å². The number of rotatable bonds is 5. The molecule has 1 fully saturated rings. The molecule has 0 aliphatic carbocycles. The number of nitrogens with one attached hydrogen (secondary N) is 1. The minimum absolute atomic E-state index is 0.0263. The Bertz CT molecular complexity index is 626. The minimum atomic E-state index is -2.99. The van der Waals surface area contributed by atoms with Gasteiger partial charge < -0.3 is 14.8 Å². The molecule has 1 aliphatic heterocycles. The first kappa shape index (κ1) is 15.6. The summed E-state index contributed by atoms with van der Waals surface area (Å²) in [6.45, 7) is 0. The molecule has 1 unspecified atom stereocenters. The fourth-order valence-corrected chi connectivity index (χ4v) is 4.03. The molecular weight excluding hydrogens is 294 g/mol. The predicted molar refractivity (Wildman–Crippen MR) is 78.5 cm³/mol. The third-order valence-electron chi connectivity index (χ3n) is 3.44. The third kappa shape index (κ3) is 4.10. The number of sulfone groups is 1. The lowest BCUT2D eigenvalue weighted by molar-refractivity contribution is -0.121. The first-order valence-electron chi connectivity index (χ1n) is 6.64. The van der Waals surface area contributed by atoms with E-state index < -0.39 is 9.84 Å². The van der Waals surface area contributed by atoms with Gasteiger partial charge in [-0.3, -0.25) is 4.79 Å².